The second kappa shape index (κ2) is 4.65. The molecule has 0 saturated heterocycles. The van der Waals surface area contributed by atoms with Crippen LogP contribution in [0.25, 0.3) is 0 Å². The SMILES string of the molecule is CCCNCC1(C2CC2)CCCCC1. The summed E-state index contributed by atoms with van der Waals surface area (Å²) in [5.41, 5.74) is 0.730. The van der Waals surface area contributed by atoms with Gasteiger partial charge in [0.05, 0.1) is 0 Å². The number of rotatable bonds is 5. The molecule has 2 saturated carbocycles. The molecule has 1 heteroatoms. The second-order valence-corrected chi connectivity index (χ2v) is 5.37. The Morgan fingerprint density at radius 3 is 2.43 bits per heavy atom. The molecule has 0 heterocycles. The average Bonchev–Trinajstić information content (AvgIpc) is 3.03. The van der Waals surface area contributed by atoms with Crippen LogP contribution in [0.3, 0.4) is 0 Å². The molecule has 2 fully saturated rings. The van der Waals surface area contributed by atoms with Gasteiger partial charge in [0.1, 0.15) is 0 Å². The highest BCUT2D eigenvalue weighted by molar-refractivity contribution is 4.96. The highest BCUT2D eigenvalue weighted by Crippen LogP contribution is 2.53. The molecule has 0 spiro atoms. The first-order chi connectivity index (χ1) is 6.87. The Bertz CT molecular complexity index is 166. The summed E-state index contributed by atoms with van der Waals surface area (Å²) in [5, 5.41) is 3.67. The molecule has 1 nitrogen and oxygen atoms in total. The zero-order valence-electron chi connectivity index (χ0n) is 9.65. The molecule has 0 bridgehead atoms. The maximum atomic E-state index is 3.67. The van der Waals surface area contributed by atoms with Gasteiger partial charge in [-0.2, -0.15) is 0 Å². The second-order valence-electron chi connectivity index (χ2n) is 5.37. The van der Waals surface area contributed by atoms with E-state index in [1.165, 1.54) is 64.5 Å². The molecule has 0 aromatic carbocycles. The predicted octanol–water partition coefficient (Wildman–Crippen LogP) is 3.35. The van der Waals surface area contributed by atoms with Crippen molar-refractivity contribution in [3.05, 3.63) is 0 Å². The summed E-state index contributed by atoms with van der Waals surface area (Å²) >= 11 is 0. The third-order valence-corrected chi connectivity index (χ3v) is 4.20. The largest absolute Gasteiger partial charge is 0.316 e. The van der Waals surface area contributed by atoms with Gasteiger partial charge in [-0.15, -0.1) is 0 Å². The van der Waals surface area contributed by atoms with E-state index >= 15 is 0 Å². The molecule has 0 aromatic heterocycles. The quantitative estimate of drug-likeness (QED) is 0.663. The summed E-state index contributed by atoms with van der Waals surface area (Å²) in [6.45, 7) is 4.79. The molecule has 1 N–H and O–H groups in total. The van der Waals surface area contributed by atoms with Gasteiger partial charge in [-0.3, -0.25) is 0 Å². The molecule has 0 aromatic rings. The zero-order valence-corrected chi connectivity index (χ0v) is 9.65. The lowest BCUT2D eigenvalue weighted by molar-refractivity contribution is 0.149. The van der Waals surface area contributed by atoms with Gasteiger partial charge in [0.15, 0.2) is 0 Å². The monoisotopic (exact) mass is 195 g/mol. The summed E-state index contributed by atoms with van der Waals surface area (Å²) in [4.78, 5) is 0. The van der Waals surface area contributed by atoms with Crippen molar-refractivity contribution < 1.29 is 0 Å². The van der Waals surface area contributed by atoms with E-state index in [4.69, 9.17) is 0 Å². The summed E-state index contributed by atoms with van der Waals surface area (Å²) in [5.74, 6) is 1.09. The smallest absolute Gasteiger partial charge is 0.00105 e. The van der Waals surface area contributed by atoms with Crippen LogP contribution < -0.4 is 5.32 Å². The molecule has 82 valence electrons. The summed E-state index contributed by atoms with van der Waals surface area (Å²) < 4.78 is 0. The van der Waals surface area contributed by atoms with Crippen molar-refractivity contribution in [2.75, 3.05) is 13.1 Å². The molecule has 2 rings (SSSR count). The highest BCUT2D eigenvalue weighted by atomic mass is 14.9. The Morgan fingerprint density at radius 2 is 1.86 bits per heavy atom. The van der Waals surface area contributed by atoms with E-state index in [0.717, 1.165) is 11.3 Å². The fourth-order valence-corrected chi connectivity index (χ4v) is 3.20. The maximum absolute atomic E-state index is 3.67. The van der Waals surface area contributed by atoms with Crippen molar-refractivity contribution in [2.24, 2.45) is 11.3 Å². The predicted molar refractivity (Wildman–Crippen MR) is 61.4 cm³/mol. The van der Waals surface area contributed by atoms with Gasteiger partial charge in [0.25, 0.3) is 0 Å². The normalized spacial score (nSPS) is 26.4. The van der Waals surface area contributed by atoms with E-state index in [-0.39, 0.29) is 0 Å². The summed E-state index contributed by atoms with van der Waals surface area (Å²) in [6.07, 6.45) is 11.8. The van der Waals surface area contributed by atoms with Gasteiger partial charge < -0.3 is 5.32 Å². The molecule has 0 unspecified atom stereocenters. The average molecular weight is 195 g/mol. The van der Waals surface area contributed by atoms with E-state index in [1.807, 2.05) is 0 Å². The van der Waals surface area contributed by atoms with Crippen LogP contribution in [0.1, 0.15) is 58.3 Å². The van der Waals surface area contributed by atoms with E-state index in [0.29, 0.717) is 0 Å². The number of hydrogen-bond donors (Lipinski definition) is 1. The minimum Gasteiger partial charge on any atom is -0.316 e. The molecule has 2 aliphatic carbocycles. The van der Waals surface area contributed by atoms with E-state index in [2.05, 4.69) is 12.2 Å². The van der Waals surface area contributed by atoms with Crippen molar-refractivity contribution in [1.29, 1.82) is 0 Å². The zero-order chi connectivity index (χ0) is 9.86. The van der Waals surface area contributed by atoms with Crippen molar-refractivity contribution >= 4 is 0 Å². The van der Waals surface area contributed by atoms with Gasteiger partial charge >= 0.3 is 0 Å². The minimum atomic E-state index is 0.730. The van der Waals surface area contributed by atoms with Crippen molar-refractivity contribution in [3.8, 4) is 0 Å². The maximum Gasteiger partial charge on any atom is 0.00105 e. The number of hydrogen-bond acceptors (Lipinski definition) is 1. The lowest BCUT2D eigenvalue weighted by atomic mass is 9.70. The molecule has 0 amide bonds. The van der Waals surface area contributed by atoms with Crippen LogP contribution >= 0.6 is 0 Å². The van der Waals surface area contributed by atoms with E-state index in [9.17, 15) is 0 Å². The van der Waals surface area contributed by atoms with Crippen LogP contribution in [0.5, 0.6) is 0 Å². The highest BCUT2D eigenvalue weighted by Gasteiger charge is 2.44. The topological polar surface area (TPSA) is 12.0 Å². The van der Waals surface area contributed by atoms with Crippen molar-refractivity contribution in [3.63, 3.8) is 0 Å². The van der Waals surface area contributed by atoms with Gasteiger partial charge in [-0.05, 0) is 50.0 Å². The van der Waals surface area contributed by atoms with Crippen LogP contribution in [-0.4, -0.2) is 13.1 Å². The van der Waals surface area contributed by atoms with Crippen molar-refractivity contribution in [1.82, 2.24) is 5.32 Å². The van der Waals surface area contributed by atoms with Crippen LogP contribution in [0.4, 0.5) is 0 Å². The summed E-state index contributed by atoms with van der Waals surface area (Å²) in [7, 11) is 0. The first-order valence-electron chi connectivity index (χ1n) is 6.58. The fraction of sp³-hybridized carbons (Fsp3) is 1.00. The van der Waals surface area contributed by atoms with Gasteiger partial charge in [-0.1, -0.05) is 26.2 Å². The molecule has 0 radical (unpaired) electrons. The minimum absolute atomic E-state index is 0.730. The van der Waals surface area contributed by atoms with Crippen molar-refractivity contribution in [2.45, 2.75) is 58.3 Å². The lowest BCUT2D eigenvalue weighted by Gasteiger charge is -2.38. The molecule has 0 aliphatic heterocycles. The first kappa shape index (κ1) is 10.5. The van der Waals surface area contributed by atoms with E-state index < -0.39 is 0 Å². The fourth-order valence-electron chi connectivity index (χ4n) is 3.20. The van der Waals surface area contributed by atoms with E-state index in [1.54, 1.807) is 0 Å². The summed E-state index contributed by atoms with van der Waals surface area (Å²) in [6, 6.07) is 0. The Kier molecular flexibility index (Phi) is 3.48. The Labute approximate surface area is 88.7 Å². The number of nitrogens with one attached hydrogen (secondary N) is 1. The molecule has 14 heavy (non-hydrogen) atoms. The van der Waals surface area contributed by atoms with Crippen LogP contribution in [0.15, 0.2) is 0 Å². The van der Waals surface area contributed by atoms with Gasteiger partial charge in [0.2, 0.25) is 0 Å². The Hall–Kier alpha value is -0.0400. The Morgan fingerprint density at radius 1 is 1.14 bits per heavy atom. The molecule has 2 aliphatic rings. The molecular weight excluding hydrogens is 170 g/mol. The Balaban J connectivity index is 1.84. The molecular formula is C13H25N. The standard InChI is InChI=1S/C13H25N/c1-2-10-14-11-13(12-6-7-12)8-4-3-5-9-13/h12,14H,2-11H2,1H3. The first-order valence-corrected chi connectivity index (χ1v) is 6.58. The third kappa shape index (κ3) is 2.31. The van der Waals surface area contributed by atoms with Gasteiger partial charge in [-0.25, -0.2) is 0 Å². The lowest BCUT2D eigenvalue weighted by Crippen LogP contribution is -2.38. The third-order valence-electron chi connectivity index (χ3n) is 4.20. The van der Waals surface area contributed by atoms with Crippen LogP contribution in [-0.2, 0) is 0 Å². The van der Waals surface area contributed by atoms with Crippen LogP contribution in [0.2, 0.25) is 0 Å². The molecule has 0 atom stereocenters. The van der Waals surface area contributed by atoms with Gasteiger partial charge in [0, 0.05) is 6.54 Å². The van der Waals surface area contributed by atoms with Crippen LogP contribution in [0, 0.1) is 11.3 Å².